The molecule has 8 heteroatoms. The fraction of sp³-hybridized carbons (Fsp3) is 0.333. The Labute approximate surface area is 185 Å². The lowest BCUT2D eigenvalue weighted by atomic mass is 10.1. The van der Waals surface area contributed by atoms with E-state index in [4.69, 9.17) is 39.5 Å². The van der Waals surface area contributed by atoms with Crippen molar-refractivity contribution in [3.8, 4) is 5.75 Å². The van der Waals surface area contributed by atoms with Crippen LogP contribution in [0.4, 0.5) is 0 Å². The normalized spacial score (nSPS) is 11.6. The molecule has 0 heterocycles. The summed E-state index contributed by atoms with van der Waals surface area (Å²) in [5.74, 6) is -0.239. The van der Waals surface area contributed by atoms with Gasteiger partial charge in [0.1, 0.15) is 11.8 Å². The Balaban J connectivity index is 2.15. The predicted molar refractivity (Wildman–Crippen MR) is 117 cm³/mol. The Morgan fingerprint density at radius 1 is 1.10 bits per heavy atom. The molecule has 0 saturated heterocycles. The third-order valence-electron chi connectivity index (χ3n) is 4.20. The highest BCUT2D eigenvalue weighted by molar-refractivity contribution is 6.35. The number of amides is 2. The van der Waals surface area contributed by atoms with Gasteiger partial charge in [0.25, 0.3) is 5.91 Å². The summed E-state index contributed by atoms with van der Waals surface area (Å²) in [5.41, 5.74) is 0.811. The Bertz CT molecular complexity index is 861. The summed E-state index contributed by atoms with van der Waals surface area (Å²) in [5, 5.41) is 4.15. The number of nitrogens with one attached hydrogen (secondary N) is 1. The van der Waals surface area contributed by atoms with E-state index in [0.29, 0.717) is 27.4 Å². The SMILES string of the molecule is CCCNC(=O)[C@H](C)N(Cc1cccc(Cl)c1)C(=O)COc1ccc(Cl)cc1Cl. The maximum Gasteiger partial charge on any atom is 0.261 e. The number of ether oxygens (including phenoxy) is 1. The molecular formula is C21H23Cl3N2O3. The molecule has 0 fully saturated rings. The van der Waals surface area contributed by atoms with Gasteiger partial charge in [-0.25, -0.2) is 0 Å². The number of halogens is 3. The van der Waals surface area contributed by atoms with Gasteiger partial charge in [-0.15, -0.1) is 0 Å². The summed E-state index contributed by atoms with van der Waals surface area (Å²) >= 11 is 18.0. The van der Waals surface area contributed by atoms with E-state index < -0.39 is 6.04 Å². The van der Waals surface area contributed by atoms with Crippen LogP contribution in [0.25, 0.3) is 0 Å². The van der Waals surface area contributed by atoms with Crippen LogP contribution in [0.5, 0.6) is 5.75 Å². The van der Waals surface area contributed by atoms with Gasteiger partial charge in [-0.3, -0.25) is 9.59 Å². The molecule has 0 aliphatic carbocycles. The molecule has 0 bridgehead atoms. The zero-order valence-electron chi connectivity index (χ0n) is 16.3. The van der Waals surface area contributed by atoms with Crippen molar-refractivity contribution < 1.29 is 14.3 Å². The standard InChI is InChI=1S/C21H23Cl3N2O3/c1-3-9-25-21(28)14(2)26(12-15-5-4-6-16(22)10-15)20(27)13-29-19-8-7-17(23)11-18(19)24/h4-8,10-11,14H,3,9,12-13H2,1-2H3,(H,25,28)/t14-/m0/s1. The molecule has 0 radical (unpaired) electrons. The van der Waals surface area contributed by atoms with Gasteiger partial charge in [-0.05, 0) is 49.2 Å². The van der Waals surface area contributed by atoms with Gasteiger partial charge < -0.3 is 15.0 Å². The average Bonchev–Trinajstić information content (AvgIpc) is 2.69. The van der Waals surface area contributed by atoms with Crippen molar-refractivity contribution in [1.82, 2.24) is 10.2 Å². The van der Waals surface area contributed by atoms with Crippen molar-refractivity contribution in [3.63, 3.8) is 0 Å². The smallest absolute Gasteiger partial charge is 0.261 e. The first kappa shape index (κ1) is 23.3. The molecule has 5 nitrogen and oxygen atoms in total. The molecular weight excluding hydrogens is 435 g/mol. The highest BCUT2D eigenvalue weighted by atomic mass is 35.5. The number of benzene rings is 2. The van der Waals surface area contributed by atoms with Gasteiger partial charge in [0, 0.05) is 23.1 Å². The molecule has 2 aromatic rings. The first-order valence-corrected chi connectivity index (χ1v) is 10.3. The van der Waals surface area contributed by atoms with Crippen molar-refractivity contribution in [1.29, 1.82) is 0 Å². The lowest BCUT2D eigenvalue weighted by Gasteiger charge is -2.28. The lowest BCUT2D eigenvalue weighted by Crippen LogP contribution is -2.49. The highest BCUT2D eigenvalue weighted by Gasteiger charge is 2.26. The number of hydrogen-bond acceptors (Lipinski definition) is 3. The Kier molecular flexibility index (Phi) is 9.08. The van der Waals surface area contributed by atoms with Crippen LogP contribution in [-0.2, 0) is 16.1 Å². The van der Waals surface area contributed by atoms with Crippen molar-refractivity contribution in [2.45, 2.75) is 32.9 Å². The first-order valence-electron chi connectivity index (χ1n) is 9.21. The molecule has 2 aromatic carbocycles. The zero-order valence-corrected chi connectivity index (χ0v) is 18.5. The largest absolute Gasteiger partial charge is 0.482 e. The van der Waals surface area contributed by atoms with E-state index in [1.165, 1.54) is 11.0 Å². The molecule has 156 valence electrons. The maximum atomic E-state index is 12.9. The van der Waals surface area contributed by atoms with Gasteiger partial charge in [-0.1, -0.05) is 53.9 Å². The molecule has 0 unspecified atom stereocenters. The molecule has 0 aromatic heterocycles. The molecule has 29 heavy (non-hydrogen) atoms. The van der Waals surface area contributed by atoms with Crippen molar-refractivity contribution in [3.05, 3.63) is 63.1 Å². The Morgan fingerprint density at radius 3 is 2.48 bits per heavy atom. The topological polar surface area (TPSA) is 58.6 Å². The minimum Gasteiger partial charge on any atom is -0.482 e. The van der Waals surface area contributed by atoms with Gasteiger partial charge in [0.15, 0.2) is 6.61 Å². The van der Waals surface area contributed by atoms with Crippen LogP contribution < -0.4 is 10.1 Å². The zero-order chi connectivity index (χ0) is 21.4. The minimum atomic E-state index is -0.683. The summed E-state index contributed by atoms with van der Waals surface area (Å²) in [6.45, 7) is 4.14. The van der Waals surface area contributed by atoms with E-state index in [2.05, 4.69) is 5.32 Å². The monoisotopic (exact) mass is 456 g/mol. The van der Waals surface area contributed by atoms with Crippen LogP contribution in [0.15, 0.2) is 42.5 Å². The highest BCUT2D eigenvalue weighted by Crippen LogP contribution is 2.27. The second-order valence-electron chi connectivity index (χ2n) is 6.48. The van der Waals surface area contributed by atoms with Crippen LogP contribution >= 0.6 is 34.8 Å². The summed E-state index contributed by atoms with van der Waals surface area (Å²) < 4.78 is 5.57. The molecule has 0 saturated carbocycles. The van der Waals surface area contributed by atoms with Gasteiger partial charge in [-0.2, -0.15) is 0 Å². The molecule has 0 spiro atoms. The van der Waals surface area contributed by atoms with E-state index in [1.54, 1.807) is 37.3 Å². The molecule has 0 aliphatic heterocycles. The van der Waals surface area contributed by atoms with Gasteiger partial charge in [0.2, 0.25) is 5.91 Å². The van der Waals surface area contributed by atoms with E-state index in [1.807, 2.05) is 13.0 Å². The number of hydrogen-bond donors (Lipinski definition) is 1. The molecule has 1 N–H and O–H groups in total. The predicted octanol–water partition coefficient (Wildman–Crippen LogP) is 4.97. The summed E-state index contributed by atoms with van der Waals surface area (Å²) in [6, 6.07) is 11.2. The quantitative estimate of drug-likeness (QED) is 0.578. The summed E-state index contributed by atoms with van der Waals surface area (Å²) in [6.07, 6.45) is 0.804. The minimum absolute atomic E-state index is 0.220. The Hall–Kier alpha value is -1.95. The van der Waals surface area contributed by atoms with Crippen LogP contribution in [-0.4, -0.2) is 35.9 Å². The van der Waals surface area contributed by atoms with E-state index in [0.717, 1.165) is 12.0 Å². The Morgan fingerprint density at radius 2 is 1.83 bits per heavy atom. The first-order chi connectivity index (χ1) is 13.8. The molecule has 1 atom stereocenters. The fourth-order valence-electron chi connectivity index (χ4n) is 2.63. The number of nitrogens with zero attached hydrogens (tertiary/aromatic N) is 1. The van der Waals surface area contributed by atoms with Crippen LogP contribution in [0, 0.1) is 0 Å². The summed E-state index contributed by atoms with van der Waals surface area (Å²) in [4.78, 5) is 26.8. The fourth-order valence-corrected chi connectivity index (χ4v) is 3.30. The van der Waals surface area contributed by atoms with Crippen LogP contribution in [0.1, 0.15) is 25.8 Å². The second-order valence-corrected chi connectivity index (χ2v) is 7.76. The van der Waals surface area contributed by atoms with E-state index >= 15 is 0 Å². The third-order valence-corrected chi connectivity index (χ3v) is 4.97. The van der Waals surface area contributed by atoms with Gasteiger partial charge >= 0.3 is 0 Å². The van der Waals surface area contributed by atoms with Crippen molar-refractivity contribution >= 4 is 46.6 Å². The second kappa shape index (κ2) is 11.3. The molecule has 0 aliphatic rings. The van der Waals surface area contributed by atoms with Crippen molar-refractivity contribution in [2.75, 3.05) is 13.2 Å². The van der Waals surface area contributed by atoms with Crippen molar-refractivity contribution in [2.24, 2.45) is 0 Å². The third kappa shape index (κ3) is 7.11. The van der Waals surface area contributed by atoms with Crippen LogP contribution in [0.3, 0.4) is 0 Å². The maximum absolute atomic E-state index is 12.9. The lowest BCUT2D eigenvalue weighted by molar-refractivity contribution is -0.142. The van der Waals surface area contributed by atoms with E-state index in [9.17, 15) is 9.59 Å². The number of carbonyl (C=O) groups is 2. The molecule has 2 rings (SSSR count). The van der Waals surface area contributed by atoms with Gasteiger partial charge in [0.05, 0.1) is 5.02 Å². The van der Waals surface area contributed by atoms with E-state index in [-0.39, 0.29) is 25.0 Å². The molecule has 2 amide bonds. The number of rotatable bonds is 9. The van der Waals surface area contributed by atoms with Crippen LogP contribution in [0.2, 0.25) is 15.1 Å². The number of carbonyl (C=O) groups excluding carboxylic acids is 2. The summed E-state index contributed by atoms with van der Waals surface area (Å²) in [7, 11) is 0. The average molecular weight is 458 g/mol.